The van der Waals surface area contributed by atoms with Crippen molar-refractivity contribution in [1.82, 2.24) is 4.98 Å². The highest BCUT2D eigenvalue weighted by Crippen LogP contribution is 2.23. The molecule has 0 aliphatic carbocycles. The van der Waals surface area contributed by atoms with E-state index < -0.39 is 18.8 Å². The Labute approximate surface area is 82.1 Å². The minimum atomic E-state index is -4.79. The normalized spacial score (nSPS) is 11.5. The van der Waals surface area contributed by atoms with Crippen LogP contribution in [0.2, 0.25) is 5.15 Å². The number of aliphatic hydroxyl groups is 1. The molecule has 1 heterocycles. The third-order valence-corrected chi connectivity index (χ3v) is 1.62. The molecule has 0 fully saturated rings. The van der Waals surface area contributed by atoms with Gasteiger partial charge in [-0.3, -0.25) is 0 Å². The Morgan fingerprint density at radius 1 is 1.43 bits per heavy atom. The molecule has 0 aliphatic rings. The topological polar surface area (TPSA) is 42.4 Å². The Morgan fingerprint density at radius 2 is 2.07 bits per heavy atom. The standard InChI is InChI=1S/C7H5ClF3NO2/c8-6-4(3-13)1-2-5(12-6)14-7(9,10)11/h1-2,13H,3H2. The summed E-state index contributed by atoms with van der Waals surface area (Å²) in [6, 6.07) is 2.18. The van der Waals surface area contributed by atoms with Crippen molar-refractivity contribution >= 4 is 11.6 Å². The number of aliphatic hydroxyl groups excluding tert-OH is 1. The summed E-state index contributed by atoms with van der Waals surface area (Å²) in [6.45, 7) is -0.391. The first-order valence-electron chi connectivity index (χ1n) is 3.44. The first-order valence-corrected chi connectivity index (χ1v) is 3.82. The van der Waals surface area contributed by atoms with Crippen molar-refractivity contribution in [3.8, 4) is 5.88 Å². The molecule has 0 saturated carbocycles. The van der Waals surface area contributed by atoms with Crippen molar-refractivity contribution in [3.05, 3.63) is 22.8 Å². The Kier molecular flexibility index (Phi) is 3.17. The van der Waals surface area contributed by atoms with E-state index in [1.54, 1.807) is 0 Å². The predicted molar refractivity (Wildman–Crippen MR) is 41.9 cm³/mol. The lowest BCUT2D eigenvalue weighted by atomic mass is 10.3. The maximum absolute atomic E-state index is 11.7. The lowest BCUT2D eigenvalue weighted by molar-refractivity contribution is -0.276. The third-order valence-electron chi connectivity index (χ3n) is 1.29. The van der Waals surface area contributed by atoms with E-state index in [1.807, 2.05) is 0 Å². The van der Waals surface area contributed by atoms with Crippen molar-refractivity contribution in [1.29, 1.82) is 0 Å². The second-order valence-electron chi connectivity index (χ2n) is 2.31. The fourth-order valence-corrected chi connectivity index (χ4v) is 0.946. The zero-order valence-electron chi connectivity index (χ0n) is 6.68. The number of alkyl halides is 3. The van der Waals surface area contributed by atoms with E-state index in [9.17, 15) is 13.2 Å². The van der Waals surface area contributed by atoms with E-state index in [0.717, 1.165) is 6.07 Å². The van der Waals surface area contributed by atoms with E-state index in [0.29, 0.717) is 0 Å². The van der Waals surface area contributed by atoms with E-state index in [1.165, 1.54) is 6.07 Å². The zero-order chi connectivity index (χ0) is 10.8. The van der Waals surface area contributed by atoms with Gasteiger partial charge in [0.05, 0.1) is 6.61 Å². The van der Waals surface area contributed by atoms with Gasteiger partial charge in [0, 0.05) is 11.6 Å². The molecule has 0 atom stereocenters. The highest BCUT2D eigenvalue weighted by Gasteiger charge is 2.31. The molecule has 0 aromatic carbocycles. The quantitative estimate of drug-likeness (QED) is 0.787. The smallest absolute Gasteiger partial charge is 0.392 e. The molecule has 0 spiro atoms. The number of rotatable bonds is 2. The molecule has 0 radical (unpaired) electrons. The Hall–Kier alpha value is -1.01. The van der Waals surface area contributed by atoms with Gasteiger partial charge in [0.2, 0.25) is 5.88 Å². The third kappa shape index (κ3) is 3.04. The number of nitrogens with zero attached hydrogens (tertiary/aromatic N) is 1. The lowest BCUT2D eigenvalue weighted by Gasteiger charge is -2.08. The van der Waals surface area contributed by atoms with Crippen LogP contribution in [0.5, 0.6) is 5.88 Å². The van der Waals surface area contributed by atoms with Crippen LogP contribution in [0.1, 0.15) is 5.56 Å². The van der Waals surface area contributed by atoms with Crippen molar-refractivity contribution in [2.45, 2.75) is 13.0 Å². The largest absolute Gasteiger partial charge is 0.574 e. The SMILES string of the molecule is OCc1ccc(OC(F)(F)F)nc1Cl. The van der Waals surface area contributed by atoms with Gasteiger partial charge in [-0.05, 0) is 6.07 Å². The lowest BCUT2D eigenvalue weighted by Crippen LogP contribution is -2.18. The van der Waals surface area contributed by atoms with Crippen LogP contribution in [-0.4, -0.2) is 16.5 Å². The van der Waals surface area contributed by atoms with E-state index in [2.05, 4.69) is 9.72 Å². The molecule has 0 saturated heterocycles. The first-order chi connectivity index (χ1) is 6.42. The van der Waals surface area contributed by atoms with Crippen LogP contribution in [0, 0.1) is 0 Å². The summed E-state index contributed by atoms with van der Waals surface area (Å²) in [4.78, 5) is 3.29. The van der Waals surface area contributed by atoms with Gasteiger partial charge in [-0.2, -0.15) is 0 Å². The summed E-state index contributed by atoms with van der Waals surface area (Å²) in [5.74, 6) is -0.653. The minimum Gasteiger partial charge on any atom is -0.392 e. The van der Waals surface area contributed by atoms with Crippen LogP contribution in [-0.2, 0) is 6.61 Å². The van der Waals surface area contributed by atoms with Gasteiger partial charge in [0.25, 0.3) is 0 Å². The molecule has 0 bridgehead atoms. The molecule has 1 aromatic rings. The van der Waals surface area contributed by atoms with Crippen LogP contribution in [0.3, 0.4) is 0 Å². The molecule has 0 amide bonds. The average molecular weight is 228 g/mol. The van der Waals surface area contributed by atoms with Crippen molar-refractivity contribution in [2.75, 3.05) is 0 Å². The van der Waals surface area contributed by atoms with E-state index >= 15 is 0 Å². The molecule has 1 aromatic heterocycles. The number of pyridine rings is 1. The van der Waals surface area contributed by atoms with E-state index in [4.69, 9.17) is 16.7 Å². The minimum absolute atomic E-state index is 0.214. The average Bonchev–Trinajstić information content (AvgIpc) is 2.01. The molecule has 14 heavy (non-hydrogen) atoms. The van der Waals surface area contributed by atoms with Crippen LogP contribution in [0.15, 0.2) is 12.1 Å². The fraction of sp³-hybridized carbons (Fsp3) is 0.286. The second kappa shape index (κ2) is 4.02. The number of halogens is 4. The van der Waals surface area contributed by atoms with Crippen LogP contribution in [0.4, 0.5) is 13.2 Å². The summed E-state index contributed by atoms with van der Waals surface area (Å²) < 4.78 is 38.6. The summed E-state index contributed by atoms with van der Waals surface area (Å²) in [5, 5.41) is 8.44. The van der Waals surface area contributed by atoms with Crippen LogP contribution >= 0.6 is 11.6 Å². The van der Waals surface area contributed by atoms with Gasteiger partial charge in [-0.25, -0.2) is 4.98 Å². The highest BCUT2D eigenvalue weighted by molar-refractivity contribution is 6.30. The molecular weight excluding hydrogens is 223 g/mol. The monoisotopic (exact) mass is 227 g/mol. The van der Waals surface area contributed by atoms with E-state index in [-0.39, 0.29) is 10.7 Å². The molecule has 0 aliphatic heterocycles. The molecule has 1 N–H and O–H groups in total. The van der Waals surface area contributed by atoms with Gasteiger partial charge >= 0.3 is 6.36 Å². The molecular formula is C7H5ClF3NO2. The zero-order valence-corrected chi connectivity index (χ0v) is 7.43. The van der Waals surface area contributed by atoms with Gasteiger partial charge in [-0.15, -0.1) is 13.2 Å². The van der Waals surface area contributed by atoms with Gasteiger partial charge in [0.15, 0.2) is 0 Å². The van der Waals surface area contributed by atoms with Gasteiger partial charge in [0.1, 0.15) is 5.15 Å². The van der Waals surface area contributed by atoms with Crippen LogP contribution in [0.25, 0.3) is 0 Å². The summed E-state index contributed by atoms with van der Waals surface area (Å²) in [5.41, 5.74) is 0.237. The Balaban J connectivity index is 2.87. The van der Waals surface area contributed by atoms with Gasteiger partial charge < -0.3 is 9.84 Å². The Morgan fingerprint density at radius 3 is 2.50 bits per heavy atom. The summed E-state index contributed by atoms with van der Waals surface area (Å²) >= 11 is 5.44. The maximum Gasteiger partial charge on any atom is 0.574 e. The number of aromatic nitrogens is 1. The first kappa shape index (κ1) is 11.1. The molecule has 3 nitrogen and oxygen atoms in total. The molecule has 0 unspecified atom stereocenters. The summed E-state index contributed by atoms with van der Waals surface area (Å²) in [6.07, 6.45) is -4.79. The van der Waals surface area contributed by atoms with Crippen molar-refractivity contribution in [2.24, 2.45) is 0 Å². The Bertz CT molecular complexity index is 329. The molecule has 1 rings (SSSR count). The fourth-order valence-electron chi connectivity index (χ4n) is 0.740. The van der Waals surface area contributed by atoms with Crippen molar-refractivity contribution < 1.29 is 23.0 Å². The van der Waals surface area contributed by atoms with Gasteiger partial charge in [-0.1, -0.05) is 11.6 Å². The number of hydrogen-bond donors (Lipinski definition) is 1. The summed E-state index contributed by atoms with van der Waals surface area (Å²) in [7, 11) is 0. The highest BCUT2D eigenvalue weighted by atomic mass is 35.5. The van der Waals surface area contributed by atoms with Crippen molar-refractivity contribution in [3.63, 3.8) is 0 Å². The molecule has 78 valence electrons. The molecule has 7 heteroatoms. The maximum atomic E-state index is 11.7. The number of ether oxygens (including phenoxy) is 1. The predicted octanol–water partition coefficient (Wildman–Crippen LogP) is 2.13. The number of hydrogen-bond acceptors (Lipinski definition) is 3. The second-order valence-corrected chi connectivity index (χ2v) is 2.66. The van der Waals surface area contributed by atoms with Crippen LogP contribution < -0.4 is 4.74 Å².